The highest BCUT2D eigenvalue weighted by molar-refractivity contribution is 5.89. The van der Waals surface area contributed by atoms with Crippen molar-refractivity contribution in [3.63, 3.8) is 0 Å². The van der Waals surface area contributed by atoms with Crippen molar-refractivity contribution in [2.75, 3.05) is 18.0 Å². The molecule has 144 valence electrons. The molecule has 26 heavy (non-hydrogen) atoms. The summed E-state index contributed by atoms with van der Waals surface area (Å²) in [7, 11) is 0. The predicted octanol–water partition coefficient (Wildman–Crippen LogP) is 4.24. The van der Waals surface area contributed by atoms with Gasteiger partial charge in [-0.15, -0.1) is 0 Å². The van der Waals surface area contributed by atoms with Gasteiger partial charge in [-0.2, -0.15) is 5.10 Å². The lowest BCUT2D eigenvalue weighted by Crippen LogP contribution is -2.44. The van der Waals surface area contributed by atoms with Gasteiger partial charge in [-0.1, -0.05) is 19.9 Å². The van der Waals surface area contributed by atoms with Crippen LogP contribution >= 0.6 is 0 Å². The first kappa shape index (κ1) is 17.0. The van der Waals surface area contributed by atoms with Crippen molar-refractivity contribution in [1.29, 1.82) is 0 Å². The van der Waals surface area contributed by atoms with Crippen molar-refractivity contribution >= 4 is 16.9 Å². The van der Waals surface area contributed by atoms with Gasteiger partial charge in [0.15, 0.2) is 5.65 Å². The highest BCUT2D eigenvalue weighted by atomic mass is 16.3. The zero-order valence-electron chi connectivity index (χ0n) is 15.3. The van der Waals surface area contributed by atoms with Crippen molar-refractivity contribution in [2.24, 2.45) is 11.8 Å². The van der Waals surface area contributed by atoms with Crippen LogP contribution in [0, 0.1) is 11.8 Å². The molecule has 0 aliphatic carbocycles. The Bertz CT molecular complexity index is 908. The number of anilines is 1. The smallest absolute Gasteiger partial charge is 0.181 e. The lowest BCUT2D eigenvalue weighted by molar-refractivity contribution is 0.0764. The summed E-state index contributed by atoms with van der Waals surface area (Å²) in [5, 5.41) is 18.7. The number of aromatic nitrogens is 4. The number of hydrogen-bond acceptors (Lipinski definition) is 5. The molecule has 3 aromatic heterocycles. The van der Waals surface area contributed by atoms with E-state index < -0.39 is 0 Å². The molecule has 0 aromatic carbocycles. The predicted molar refractivity (Wildman–Crippen MR) is 111 cm³/mol. The lowest BCUT2D eigenvalue weighted by Gasteiger charge is -2.37. The number of fused-ring (bicyclic) bond motifs is 1. The number of hydrogen-bond donors (Lipinski definition) is 2. The van der Waals surface area contributed by atoms with E-state index in [2.05, 4.69) is 33.9 Å². The van der Waals surface area contributed by atoms with Gasteiger partial charge in [0, 0.05) is 36.3 Å². The molecule has 6 heteroatoms. The Balaban J connectivity index is 0.00000210. The SMILES string of the molecule is CC(C)C[C@@H]1CN(c2cccc(-c3[nH]nc4ncccc34)n2)CC[C@H]1O.[HH].[HH].[HH].[HH]. The summed E-state index contributed by atoms with van der Waals surface area (Å²) in [6, 6.07) is 9.99. The fourth-order valence-electron chi connectivity index (χ4n) is 3.85. The van der Waals surface area contributed by atoms with Crippen LogP contribution in [0.5, 0.6) is 0 Å². The van der Waals surface area contributed by atoms with Crippen LogP contribution in [0.4, 0.5) is 5.82 Å². The molecule has 4 heterocycles. The fraction of sp³-hybridized carbons (Fsp3) is 0.450. The molecule has 0 amide bonds. The van der Waals surface area contributed by atoms with Crippen LogP contribution in [0.2, 0.25) is 0 Å². The summed E-state index contributed by atoms with van der Waals surface area (Å²) < 4.78 is 0. The quantitative estimate of drug-likeness (QED) is 0.728. The number of aliphatic hydroxyl groups is 1. The average molecular weight is 360 g/mol. The molecule has 0 spiro atoms. The second kappa shape index (κ2) is 7.03. The largest absolute Gasteiger partial charge is 0.393 e. The maximum Gasteiger partial charge on any atom is 0.181 e. The standard InChI is InChI=1S/C20H25N5O.4H2/c1-13(2)11-14-12-25(10-8-17(14)26)18-7-3-6-16(22-18)19-15-5-4-9-21-20(15)24-23-19;;;;/h3-7,9,13-14,17,26H,8,10-12H2,1-2H3,(H,21,23,24);4*1H/t14-,17-;;;;/m1..../s1. The third kappa shape index (κ3) is 3.29. The third-order valence-corrected chi connectivity index (χ3v) is 5.11. The van der Waals surface area contributed by atoms with E-state index in [9.17, 15) is 5.11 Å². The molecule has 0 saturated carbocycles. The van der Waals surface area contributed by atoms with Crippen molar-refractivity contribution in [3.05, 3.63) is 36.5 Å². The maximum absolute atomic E-state index is 10.3. The van der Waals surface area contributed by atoms with Gasteiger partial charge in [-0.05, 0) is 43.0 Å². The van der Waals surface area contributed by atoms with Gasteiger partial charge in [0.2, 0.25) is 0 Å². The Morgan fingerprint density at radius 1 is 1.31 bits per heavy atom. The van der Waals surface area contributed by atoms with E-state index >= 15 is 0 Å². The Morgan fingerprint density at radius 2 is 2.19 bits per heavy atom. The van der Waals surface area contributed by atoms with E-state index in [1.54, 1.807) is 6.20 Å². The molecule has 1 aliphatic rings. The molecule has 4 rings (SSSR count). The van der Waals surface area contributed by atoms with Crippen LogP contribution in [0.1, 0.15) is 32.4 Å². The molecule has 3 aromatic rings. The van der Waals surface area contributed by atoms with Crippen LogP contribution in [0.25, 0.3) is 22.4 Å². The van der Waals surface area contributed by atoms with Gasteiger partial charge >= 0.3 is 0 Å². The minimum Gasteiger partial charge on any atom is -0.393 e. The van der Waals surface area contributed by atoms with Crippen LogP contribution in [0.15, 0.2) is 36.5 Å². The van der Waals surface area contributed by atoms with Crippen molar-refractivity contribution in [1.82, 2.24) is 20.2 Å². The van der Waals surface area contributed by atoms with Gasteiger partial charge in [-0.3, -0.25) is 5.10 Å². The summed E-state index contributed by atoms with van der Waals surface area (Å²) in [6.45, 7) is 6.10. The summed E-state index contributed by atoms with van der Waals surface area (Å²) in [5.41, 5.74) is 2.46. The molecule has 0 unspecified atom stereocenters. The summed E-state index contributed by atoms with van der Waals surface area (Å²) in [5.74, 6) is 1.83. The number of aliphatic hydroxyl groups excluding tert-OH is 1. The van der Waals surface area contributed by atoms with E-state index in [1.807, 2.05) is 30.3 Å². The maximum atomic E-state index is 10.3. The van der Waals surface area contributed by atoms with Crippen LogP contribution < -0.4 is 4.90 Å². The van der Waals surface area contributed by atoms with Crippen molar-refractivity contribution in [2.45, 2.75) is 32.8 Å². The van der Waals surface area contributed by atoms with E-state index in [0.717, 1.165) is 48.5 Å². The number of nitrogens with zero attached hydrogens (tertiary/aromatic N) is 4. The van der Waals surface area contributed by atoms with Gasteiger partial charge in [0.25, 0.3) is 0 Å². The first-order valence-corrected chi connectivity index (χ1v) is 9.31. The molecule has 2 N–H and O–H groups in total. The van der Waals surface area contributed by atoms with Gasteiger partial charge in [0.1, 0.15) is 5.82 Å². The fourth-order valence-corrected chi connectivity index (χ4v) is 3.85. The lowest BCUT2D eigenvalue weighted by atomic mass is 9.87. The Morgan fingerprint density at radius 3 is 3.04 bits per heavy atom. The molecular weight excluding hydrogens is 326 g/mol. The molecule has 6 nitrogen and oxygen atoms in total. The van der Waals surface area contributed by atoms with Gasteiger partial charge in [-0.25, -0.2) is 9.97 Å². The van der Waals surface area contributed by atoms with E-state index in [-0.39, 0.29) is 11.8 Å². The normalized spacial score (nSPS) is 20.8. The highest BCUT2D eigenvalue weighted by Crippen LogP contribution is 2.29. The second-order valence-electron chi connectivity index (χ2n) is 7.55. The van der Waals surface area contributed by atoms with Crippen molar-refractivity contribution < 1.29 is 10.8 Å². The number of rotatable bonds is 4. The second-order valence-corrected chi connectivity index (χ2v) is 7.55. The number of H-pyrrole nitrogens is 1. The van der Waals surface area contributed by atoms with E-state index in [4.69, 9.17) is 4.98 Å². The molecule has 2 atom stereocenters. The Hall–Kier alpha value is -2.47. The molecular formula is C20H33N5O. The average Bonchev–Trinajstić information content (AvgIpc) is 3.07. The third-order valence-electron chi connectivity index (χ3n) is 5.11. The molecule has 1 aliphatic heterocycles. The van der Waals surface area contributed by atoms with E-state index in [1.165, 1.54) is 0 Å². The highest BCUT2D eigenvalue weighted by Gasteiger charge is 2.29. The number of piperidine rings is 1. The first-order valence-electron chi connectivity index (χ1n) is 9.31. The molecule has 0 bridgehead atoms. The Kier molecular flexibility index (Phi) is 4.59. The minimum atomic E-state index is -0.209. The summed E-state index contributed by atoms with van der Waals surface area (Å²) in [4.78, 5) is 11.4. The monoisotopic (exact) mass is 359 g/mol. The zero-order chi connectivity index (χ0) is 18.1. The number of nitrogens with one attached hydrogen (secondary N) is 1. The van der Waals surface area contributed by atoms with Crippen LogP contribution in [0.3, 0.4) is 0 Å². The van der Waals surface area contributed by atoms with Crippen LogP contribution in [-0.2, 0) is 0 Å². The summed E-state index contributed by atoms with van der Waals surface area (Å²) >= 11 is 0. The Labute approximate surface area is 159 Å². The van der Waals surface area contributed by atoms with Gasteiger partial charge < -0.3 is 10.0 Å². The molecule has 1 fully saturated rings. The van der Waals surface area contributed by atoms with Crippen molar-refractivity contribution in [3.8, 4) is 11.4 Å². The van der Waals surface area contributed by atoms with E-state index in [0.29, 0.717) is 17.5 Å². The topological polar surface area (TPSA) is 77.9 Å². The first-order chi connectivity index (χ1) is 12.6. The molecule has 0 radical (unpaired) electrons. The summed E-state index contributed by atoms with van der Waals surface area (Å²) in [6.07, 6.45) is 3.36. The zero-order valence-corrected chi connectivity index (χ0v) is 15.3. The minimum absolute atomic E-state index is 0. The van der Waals surface area contributed by atoms with Crippen LogP contribution in [-0.4, -0.2) is 44.5 Å². The van der Waals surface area contributed by atoms with Gasteiger partial charge in [0.05, 0.1) is 17.5 Å². The number of pyridine rings is 2. The number of aromatic amines is 1. The molecule has 1 saturated heterocycles.